The Hall–Kier alpha value is -2.09. The van der Waals surface area contributed by atoms with Gasteiger partial charge in [0.25, 0.3) is 0 Å². The lowest BCUT2D eigenvalue weighted by Gasteiger charge is -2.49. The fourth-order valence-electron chi connectivity index (χ4n) is 3.68. The zero-order valence-corrected chi connectivity index (χ0v) is 14.5. The molecule has 1 heterocycles. The van der Waals surface area contributed by atoms with Gasteiger partial charge in [-0.2, -0.15) is 0 Å². The van der Waals surface area contributed by atoms with E-state index in [1.165, 1.54) is 0 Å². The largest absolute Gasteiger partial charge is 0.481 e. The highest BCUT2D eigenvalue weighted by molar-refractivity contribution is 7.92. The van der Waals surface area contributed by atoms with Gasteiger partial charge in [-0.3, -0.25) is 4.79 Å². The second kappa shape index (κ2) is 6.67. The van der Waals surface area contributed by atoms with Crippen LogP contribution >= 0.6 is 0 Å². The lowest BCUT2D eigenvalue weighted by Crippen LogP contribution is -2.60. The third kappa shape index (κ3) is 3.63. The van der Waals surface area contributed by atoms with E-state index in [0.29, 0.717) is 6.42 Å². The number of sulfone groups is 1. The summed E-state index contributed by atoms with van der Waals surface area (Å²) >= 11 is 0. The van der Waals surface area contributed by atoms with Crippen molar-refractivity contribution >= 4 is 21.9 Å². The number of nitrogens with one attached hydrogen (secondary N) is 1. The molecule has 1 aromatic rings. The fourth-order valence-corrected chi connectivity index (χ4v) is 6.07. The molecule has 1 aliphatic carbocycles. The molecule has 0 radical (unpaired) electrons. The summed E-state index contributed by atoms with van der Waals surface area (Å²) in [4.78, 5) is 23.0. The van der Waals surface area contributed by atoms with Gasteiger partial charge in [0.15, 0.2) is 9.84 Å². The summed E-state index contributed by atoms with van der Waals surface area (Å²) in [6, 6.07) is 8.94. The Kier molecular flexibility index (Phi) is 4.73. The Bertz CT molecular complexity index is 755. The van der Waals surface area contributed by atoms with Crippen LogP contribution in [0.2, 0.25) is 0 Å². The van der Waals surface area contributed by atoms with Crippen LogP contribution in [0.1, 0.15) is 31.2 Å². The van der Waals surface area contributed by atoms with Crippen LogP contribution in [-0.2, 0) is 26.0 Å². The minimum absolute atomic E-state index is 0.0387. The summed E-state index contributed by atoms with van der Waals surface area (Å²) in [5, 5.41) is 11.7. The molecule has 0 aromatic heterocycles. The number of carboxylic acid groups (broad SMARTS) is 1. The molecule has 1 aromatic carbocycles. The highest BCUT2D eigenvalue weighted by Gasteiger charge is 2.58. The highest BCUT2D eigenvalue weighted by Crippen LogP contribution is 2.50. The smallest absolute Gasteiger partial charge is 0.407 e. The number of alkyl carbamates (subject to hydrolysis) is 1. The van der Waals surface area contributed by atoms with Gasteiger partial charge >= 0.3 is 12.1 Å². The first kappa shape index (κ1) is 17.7. The van der Waals surface area contributed by atoms with Crippen molar-refractivity contribution in [3.05, 3.63) is 35.9 Å². The zero-order chi connectivity index (χ0) is 18.1. The van der Waals surface area contributed by atoms with Crippen molar-refractivity contribution in [2.45, 2.75) is 43.1 Å². The van der Waals surface area contributed by atoms with Crippen molar-refractivity contribution in [1.82, 2.24) is 5.32 Å². The summed E-state index contributed by atoms with van der Waals surface area (Å²) < 4.78 is 28.9. The average molecular weight is 367 g/mol. The van der Waals surface area contributed by atoms with Crippen molar-refractivity contribution in [2.24, 2.45) is 5.92 Å². The molecule has 1 aliphatic heterocycles. The normalized spacial score (nSPS) is 30.2. The maximum atomic E-state index is 12.4. The van der Waals surface area contributed by atoms with E-state index in [-0.39, 0.29) is 37.7 Å². The van der Waals surface area contributed by atoms with E-state index >= 15 is 0 Å². The first-order valence-electron chi connectivity index (χ1n) is 8.24. The molecule has 1 atom stereocenters. The maximum Gasteiger partial charge on any atom is 0.407 e. The summed E-state index contributed by atoms with van der Waals surface area (Å²) in [6.07, 6.45) is 0.239. The lowest BCUT2D eigenvalue weighted by molar-refractivity contribution is -0.145. The van der Waals surface area contributed by atoms with Crippen LogP contribution in [0.3, 0.4) is 0 Å². The first-order chi connectivity index (χ1) is 11.8. The number of carboxylic acids is 1. The molecule has 2 N–H and O–H groups in total. The van der Waals surface area contributed by atoms with Crippen molar-refractivity contribution in [3.8, 4) is 0 Å². The topological polar surface area (TPSA) is 110 Å². The summed E-state index contributed by atoms with van der Waals surface area (Å²) in [5.74, 6) is -1.61. The molecule has 136 valence electrons. The minimum atomic E-state index is -3.33. The number of carbonyl (C=O) groups excluding carboxylic acids is 1. The molecule has 7 nitrogen and oxygen atoms in total. The third-order valence-corrected chi connectivity index (χ3v) is 7.73. The lowest BCUT2D eigenvalue weighted by atomic mass is 9.70. The van der Waals surface area contributed by atoms with Gasteiger partial charge in [0, 0.05) is 6.04 Å². The molecule has 1 saturated heterocycles. The van der Waals surface area contributed by atoms with Gasteiger partial charge in [-0.1, -0.05) is 30.3 Å². The van der Waals surface area contributed by atoms with Gasteiger partial charge in [-0.25, -0.2) is 13.2 Å². The number of hydrogen-bond donors (Lipinski definition) is 2. The van der Waals surface area contributed by atoms with Crippen molar-refractivity contribution in [2.75, 3.05) is 5.75 Å². The Labute approximate surface area is 146 Å². The van der Waals surface area contributed by atoms with E-state index in [4.69, 9.17) is 9.84 Å². The predicted octanol–water partition coefficient (Wildman–Crippen LogP) is 1.72. The van der Waals surface area contributed by atoms with E-state index in [9.17, 15) is 18.0 Å². The zero-order valence-electron chi connectivity index (χ0n) is 13.7. The predicted molar refractivity (Wildman–Crippen MR) is 89.7 cm³/mol. The average Bonchev–Trinajstić information content (AvgIpc) is 2.53. The second-order valence-electron chi connectivity index (χ2n) is 6.84. The number of hydrogen-bond acceptors (Lipinski definition) is 5. The molecular weight excluding hydrogens is 346 g/mol. The fraction of sp³-hybridized carbons (Fsp3) is 0.529. The van der Waals surface area contributed by atoms with Crippen LogP contribution in [0.25, 0.3) is 0 Å². The van der Waals surface area contributed by atoms with E-state index in [0.717, 1.165) is 5.56 Å². The van der Waals surface area contributed by atoms with Gasteiger partial charge in [-0.15, -0.1) is 0 Å². The minimum Gasteiger partial charge on any atom is -0.481 e. The van der Waals surface area contributed by atoms with E-state index < -0.39 is 32.6 Å². The summed E-state index contributed by atoms with van der Waals surface area (Å²) in [6.45, 7) is 0.143. The molecule has 8 heteroatoms. The quantitative estimate of drug-likeness (QED) is 0.838. The molecule has 1 unspecified atom stereocenters. The highest BCUT2D eigenvalue weighted by atomic mass is 32.2. The van der Waals surface area contributed by atoms with Gasteiger partial charge in [0.1, 0.15) is 6.61 Å². The molecule has 1 saturated carbocycles. The number of ether oxygens (including phenoxy) is 1. The molecular formula is C17H21NO6S. The van der Waals surface area contributed by atoms with Gasteiger partial charge < -0.3 is 15.2 Å². The monoisotopic (exact) mass is 367 g/mol. The number of rotatable bonds is 4. The molecule has 3 rings (SSSR count). The molecule has 1 amide bonds. The van der Waals surface area contributed by atoms with Crippen LogP contribution < -0.4 is 5.32 Å². The van der Waals surface area contributed by atoms with Gasteiger partial charge in [0.2, 0.25) is 0 Å². The van der Waals surface area contributed by atoms with Crippen molar-refractivity contribution < 1.29 is 27.9 Å². The Morgan fingerprint density at radius 1 is 1.20 bits per heavy atom. The van der Waals surface area contributed by atoms with Crippen LogP contribution in [0.4, 0.5) is 4.79 Å². The van der Waals surface area contributed by atoms with Gasteiger partial charge in [0.05, 0.1) is 16.4 Å². The van der Waals surface area contributed by atoms with Crippen LogP contribution in [0, 0.1) is 5.92 Å². The Morgan fingerprint density at radius 3 is 2.52 bits per heavy atom. The van der Waals surface area contributed by atoms with Crippen molar-refractivity contribution in [1.29, 1.82) is 0 Å². The number of carbonyl (C=O) groups is 2. The first-order valence-corrected chi connectivity index (χ1v) is 9.89. The van der Waals surface area contributed by atoms with Crippen LogP contribution in [0.15, 0.2) is 30.3 Å². The van der Waals surface area contributed by atoms with Crippen molar-refractivity contribution in [3.63, 3.8) is 0 Å². The third-order valence-electron chi connectivity index (χ3n) is 5.13. The maximum absolute atomic E-state index is 12.4. The molecule has 2 fully saturated rings. The molecule has 25 heavy (non-hydrogen) atoms. The standard InChI is InChI=1S/C17H21NO6S/c19-15(20)13-8-17(9-13)10-14(6-7-25(17,22)23)18-16(21)24-11-12-4-2-1-3-5-12/h1-5,13-14H,6-11H2,(H,18,21)(H,19,20). The molecule has 2 aliphatic rings. The number of benzene rings is 1. The number of amides is 1. The van der Waals surface area contributed by atoms with E-state index in [1.807, 2.05) is 30.3 Å². The Balaban J connectivity index is 1.55. The van der Waals surface area contributed by atoms with E-state index in [2.05, 4.69) is 5.32 Å². The molecule has 1 spiro atoms. The molecule has 0 bridgehead atoms. The van der Waals surface area contributed by atoms with Gasteiger partial charge in [-0.05, 0) is 31.2 Å². The Morgan fingerprint density at radius 2 is 1.88 bits per heavy atom. The SMILES string of the molecule is O=C(NC1CCS(=O)(=O)C2(C1)CC(C(=O)O)C2)OCc1ccccc1. The van der Waals surface area contributed by atoms with E-state index in [1.54, 1.807) is 0 Å². The van der Waals surface area contributed by atoms with Crippen LogP contribution in [0.5, 0.6) is 0 Å². The second-order valence-corrected chi connectivity index (χ2v) is 9.34. The summed E-state index contributed by atoms with van der Waals surface area (Å²) in [7, 11) is -3.33. The van der Waals surface area contributed by atoms with Crippen LogP contribution in [-0.4, -0.2) is 42.1 Å². The summed E-state index contributed by atoms with van der Waals surface area (Å²) in [5.41, 5.74) is 0.864. The number of aliphatic carboxylic acids is 1.